The highest BCUT2D eigenvalue weighted by molar-refractivity contribution is 7.92. The standard InChI is InChI=1S/C23H23Cl2N5O4S/c1-35(32,33)27-17-3-5-21-26-22(18-4-2-16(24)10-19(18)25)20(30(21)11-17)12-28-6-8-29(9-7-28)23(31)15-13-34-14-15/h3,5,10-11,15,27H,6-9,12-14H2,1H3. The van der Waals surface area contributed by atoms with Gasteiger partial charge >= 0.3 is 0 Å². The molecule has 0 unspecified atom stereocenters. The fourth-order valence-corrected chi connectivity index (χ4v) is 5.27. The summed E-state index contributed by atoms with van der Waals surface area (Å²) in [7, 11) is -3.45. The molecule has 9 nitrogen and oxygen atoms in total. The number of hydrogen-bond acceptors (Lipinski definition) is 6. The van der Waals surface area contributed by atoms with Crippen molar-refractivity contribution in [3.63, 3.8) is 0 Å². The van der Waals surface area contributed by atoms with Gasteiger partial charge in [-0.2, -0.15) is 0 Å². The van der Waals surface area contributed by atoms with E-state index in [2.05, 4.69) is 21.1 Å². The number of ether oxygens (including phenoxy) is 1. The number of imidazole rings is 1. The third-order valence-electron chi connectivity index (χ3n) is 6.10. The van der Waals surface area contributed by atoms with Crippen molar-refractivity contribution in [3.05, 3.63) is 57.3 Å². The van der Waals surface area contributed by atoms with E-state index in [1.807, 2.05) is 9.30 Å². The zero-order valence-electron chi connectivity index (χ0n) is 18.9. The smallest absolute Gasteiger partial charge is 0.230 e. The number of carbonyl (C=O) groups is 1. The van der Waals surface area contributed by atoms with Crippen LogP contribution in [0.2, 0.25) is 0 Å². The number of aromatic nitrogens is 2. The third kappa shape index (κ3) is 5.20. The Balaban J connectivity index is 1.47. The number of halogens is 2. The quantitative estimate of drug-likeness (QED) is 0.570. The second-order valence-corrected chi connectivity index (χ2v) is 11.3. The number of pyridine rings is 1. The number of sulfonamides is 1. The van der Waals surface area contributed by atoms with Gasteiger partial charge in [0.15, 0.2) is 0 Å². The third-order valence-corrected chi connectivity index (χ3v) is 7.21. The summed E-state index contributed by atoms with van der Waals surface area (Å²) in [5, 5.41) is 0.743. The Bertz CT molecular complexity index is 1440. The second kappa shape index (κ2) is 9.48. The molecule has 2 aromatic heterocycles. The Morgan fingerprint density at radius 3 is 2.57 bits per heavy atom. The van der Waals surface area contributed by atoms with Gasteiger partial charge in [0.25, 0.3) is 0 Å². The van der Waals surface area contributed by atoms with E-state index in [0.717, 1.165) is 11.9 Å². The van der Waals surface area contributed by atoms with Gasteiger partial charge in [-0.1, -0.05) is 28.9 Å². The van der Waals surface area contributed by atoms with Crippen molar-refractivity contribution in [1.82, 2.24) is 19.2 Å². The number of rotatable bonds is 6. The Labute approximate surface area is 213 Å². The van der Waals surface area contributed by atoms with Crippen LogP contribution in [0.15, 0.2) is 45.9 Å². The topological polar surface area (TPSA) is 96.3 Å². The number of fused-ring (bicyclic) bond motifs is 1. The van der Waals surface area contributed by atoms with Gasteiger partial charge < -0.3 is 9.64 Å². The summed E-state index contributed by atoms with van der Waals surface area (Å²) in [6, 6.07) is 3.40. The molecule has 1 amide bonds. The van der Waals surface area contributed by atoms with Crippen molar-refractivity contribution >= 4 is 56.0 Å². The highest BCUT2D eigenvalue weighted by Gasteiger charge is 2.32. The van der Waals surface area contributed by atoms with E-state index in [4.69, 9.17) is 32.9 Å². The SMILES string of the molecule is CS(=O)(=O)Nc1ccc2nc(C3=C=C=C(Cl)C=C3Cl)c(CN3CCN(C(=O)C4COC4)CC3)n2c1. The predicted molar refractivity (Wildman–Crippen MR) is 134 cm³/mol. The fraction of sp³-hybridized carbons (Fsp3) is 0.391. The molecular formula is C23H23Cl2N5O4S. The molecule has 0 saturated carbocycles. The summed E-state index contributed by atoms with van der Waals surface area (Å²) >= 11 is 12.5. The Hall–Kier alpha value is -2.55. The molecule has 5 rings (SSSR count). The highest BCUT2D eigenvalue weighted by Crippen LogP contribution is 2.32. The van der Waals surface area contributed by atoms with E-state index in [1.165, 1.54) is 0 Å². The van der Waals surface area contributed by atoms with Crippen LogP contribution >= 0.6 is 23.2 Å². The highest BCUT2D eigenvalue weighted by atomic mass is 35.5. The first-order valence-corrected chi connectivity index (χ1v) is 13.7. The minimum absolute atomic E-state index is 0.0217. The zero-order chi connectivity index (χ0) is 24.7. The van der Waals surface area contributed by atoms with Crippen molar-refractivity contribution in [1.29, 1.82) is 0 Å². The number of amides is 1. The van der Waals surface area contributed by atoms with Crippen molar-refractivity contribution in [2.45, 2.75) is 6.54 Å². The molecule has 184 valence electrons. The lowest BCUT2D eigenvalue weighted by atomic mass is 10.1. The van der Waals surface area contributed by atoms with Crippen molar-refractivity contribution in [2.24, 2.45) is 5.92 Å². The van der Waals surface area contributed by atoms with Crippen molar-refractivity contribution in [2.75, 3.05) is 50.4 Å². The summed E-state index contributed by atoms with van der Waals surface area (Å²) in [5.41, 5.74) is 8.89. The molecular weight excluding hydrogens is 513 g/mol. The summed E-state index contributed by atoms with van der Waals surface area (Å²) in [6.45, 7) is 4.16. The number of anilines is 1. The average Bonchev–Trinajstić information content (AvgIpc) is 3.09. The lowest BCUT2D eigenvalue weighted by Crippen LogP contribution is -2.53. The predicted octanol–water partition coefficient (Wildman–Crippen LogP) is 2.39. The van der Waals surface area contributed by atoms with Gasteiger partial charge in [0.2, 0.25) is 15.9 Å². The van der Waals surface area contributed by atoms with E-state index in [-0.39, 0.29) is 11.8 Å². The number of allylic oxidation sites excluding steroid dienone is 4. The molecule has 0 radical (unpaired) electrons. The van der Waals surface area contributed by atoms with Crippen LogP contribution in [-0.2, 0) is 26.1 Å². The van der Waals surface area contributed by atoms with Crippen LogP contribution in [0.25, 0.3) is 11.2 Å². The molecule has 0 atom stereocenters. The molecule has 35 heavy (non-hydrogen) atoms. The maximum atomic E-state index is 12.6. The van der Waals surface area contributed by atoms with Crippen LogP contribution in [-0.4, -0.2) is 79.2 Å². The maximum Gasteiger partial charge on any atom is 0.230 e. The number of hydrogen-bond donors (Lipinski definition) is 1. The number of piperazine rings is 1. The molecule has 1 aliphatic carbocycles. The van der Waals surface area contributed by atoms with Crippen LogP contribution in [0.3, 0.4) is 0 Å². The molecule has 2 aromatic rings. The zero-order valence-corrected chi connectivity index (χ0v) is 21.3. The number of carbonyl (C=O) groups excluding carboxylic acids is 1. The van der Waals surface area contributed by atoms with Gasteiger partial charge in [-0.15, -0.1) is 0 Å². The first kappa shape index (κ1) is 24.2. The van der Waals surface area contributed by atoms with Gasteiger partial charge in [0.1, 0.15) is 11.3 Å². The fourth-order valence-electron chi connectivity index (χ4n) is 4.27. The van der Waals surface area contributed by atoms with E-state index in [1.54, 1.807) is 24.4 Å². The monoisotopic (exact) mass is 535 g/mol. The van der Waals surface area contributed by atoms with Crippen molar-refractivity contribution < 1.29 is 17.9 Å². The Kier molecular flexibility index (Phi) is 6.55. The van der Waals surface area contributed by atoms with Crippen LogP contribution in [0, 0.1) is 5.92 Å². The molecule has 0 aromatic carbocycles. The summed E-state index contributed by atoms with van der Waals surface area (Å²) in [5.74, 6) is 0.132. The van der Waals surface area contributed by atoms with Crippen LogP contribution in [0.5, 0.6) is 0 Å². The van der Waals surface area contributed by atoms with Crippen LogP contribution in [0.1, 0.15) is 11.4 Å². The van der Waals surface area contributed by atoms with Gasteiger partial charge in [-0.05, 0) is 23.9 Å². The molecule has 2 fully saturated rings. The normalized spacial score (nSPS) is 19.3. The van der Waals surface area contributed by atoms with E-state index < -0.39 is 10.0 Å². The second-order valence-electron chi connectivity index (χ2n) is 8.73. The summed E-state index contributed by atoms with van der Waals surface area (Å²) in [4.78, 5) is 21.5. The minimum Gasteiger partial charge on any atom is -0.380 e. The first-order chi connectivity index (χ1) is 16.7. The van der Waals surface area contributed by atoms with E-state index >= 15 is 0 Å². The first-order valence-electron chi connectivity index (χ1n) is 11.0. The summed E-state index contributed by atoms with van der Waals surface area (Å²) in [6.07, 6.45) is 4.40. The molecule has 1 N–H and O–H groups in total. The number of nitrogens with one attached hydrogen (secondary N) is 1. The lowest BCUT2D eigenvalue weighted by molar-refractivity contribution is -0.151. The van der Waals surface area contributed by atoms with E-state index in [9.17, 15) is 13.2 Å². The van der Waals surface area contributed by atoms with Crippen molar-refractivity contribution in [3.8, 4) is 0 Å². The van der Waals surface area contributed by atoms with Crippen LogP contribution in [0.4, 0.5) is 5.69 Å². The molecule has 12 heteroatoms. The Morgan fingerprint density at radius 2 is 1.94 bits per heavy atom. The van der Waals surface area contributed by atoms with Gasteiger partial charge in [-0.25, -0.2) is 13.4 Å². The van der Waals surface area contributed by atoms with Gasteiger partial charge in [-0.3, -0.25) is 18.8 Å². The van der Waals surface area contributed by atoms with Gasteiger partial charge in [0, 0.05) is 38.9 Å². The molecule has 0 spiro atoms. The number of nitrogens with zero attached hydrogens (tertiary/aromatic N) is 4. The maximum absolute atomic E-state index is 12.6. The largest absolute Gasteiger partial charge is 0.380 e. The Morgan fingerprint density at radius 1 is 1.20 bits per heavy atom. The average molecular weight is 536 g/mol. The van der Waals surface area contributed by atoms with Crippen LogP contribution < -0.4 is 4.72 Å². The molecule has 2 aliphatic heterocycles. The molecule has 0 bridgehead atoms. The minimum atomic E-state index is -3.45. The molecule has 2 saturated heterocycles. The lowest BCUT2D eigenvalue weighted by Gasteiger charge is -2.38. The van der Waals surface area contributed by atoms with E-state index in [0.29, 0.717) is 78.6 Å². The molecule has 4 heterocycles. The molecule has 3 aliphatic rings. The summed E-state index contributed by atoms with van der Waals surface area (Å²) < 4.78 is 33.1. The van der Waals surface area contributed by atoms with Gasteiger partial charge in [0.05, 0.1) is 52.4 Å².